The number of para-hydroxylation sites is 1. The van der Waals surface area contributed by atoms with Gasteiger partial charge in [-0.05, 0) is 24.6 Å². The Kier molecular flexibility index (Phi) is 5.04. The molecule has 4 heteroatoms. The van der Waals surface area contributed by atoms with Crippen molar-refractivity contribution in [2.75, 3.05) is 11.9 Å². The summed E-state index contributed by atoms with van der Waals surface area (Å²) in [7, 11) is 0. The Morgan fingerprint density at radius 2 is 2.05 bits per heavy atom. The fraction of sp³-hybridized carbons (Fsp3) is 0.267. The van der Waals surface area contributed by atoms with Crippen LogP contribution in [0.3, 0.4) is 0 Å². The second kappa shape index (κ2) is 7.00. The highest BCUT2D eigenvalue weighted by Gasteiger charge is 2.05. The van der Waals surface area contributed by atoms with Crippen LogP contribution in [-0.4, -0.2) is 11.5 Å². The van der Waals surface area contributed by atoms with Gasteiger partial charge in [0.25, 0.3) is 0 Å². The smallest absolute Gasteiger partial charge is 0.138 e. The largest absolute Gasteiger partial charge is 0.487 e. The molecule has 0 saturated carbocycles. The van der Waals surface area contributed by atoms with E-state index in [0.29, 0.717) is 17.4 Å². The molecule has 1 aromatic heterocycles. The summed E-state index contributed by atoms with van der Waals surface area (Å²) in [5.41, 5.74) is 1.02. The topological polar surface area (TPSA) is 34.2 Å². The first kappa shape index (κ1) is 13.7. The van der Waals surface area contributed by atoms with Crippen molar-refractivity contribution < 1.29 is 4.74 Å². The lowest BCUT2D eigenvalue weighted by Gasteiger charge is -2.12. The Balaban J connectivity index is 2.05. The van der Waals surface area contributed by atoms with E-state index in [-0.39, 0.29) is 0 Å². The van der Waals surface area contributed by atoms with Gasteiger partial charge in [0.1, 0.15) is 18.2 Å². The van der Waals surface area contributed by atoms with Gasteiger partial charge in [-0.1, -0.05) is 36.7 Å². The van der Waals surface area contributed by atoms with Crippen LogP contribution in [0, 0.1) is 0 Å². The van der Waals surface area contributed by atoms with Crippen molar-refractivity contribution in [3.8, 4) is 5.75 Å². The van der Waals surface area contributed by atoms with Crippen LogP contribution in [0.5, 0.6) is 5.75 Å². The molecule has 0 unspecified atom stereocenters. The molecule has 3 nitrogen and oxygen atoms in total. The van der Waals surface area contributed by atoms with Crippen LogP contribution in [0.25, 0.3) is 0 Å². The molecule has 0 aliphatic heterocycles. The number of aromatic nitrogens is 1. The SMILES string of the molecule is CCCNc1ncccc1COc1ccccc1Cl. The molecule has 0 aliphatic carbocycles. The number of anilines is 1. The van der Waals surface area contributed by atoms with Crippen LogP contribution >= 0.6 is 11.6 Å². The molecule has 1 N–H and O–H groups in total. The van der Waals surface area contributed by atoms with Crippen LogP contribution in [0.15, 0.2) is 42.6 Å². The Bertz CT molecular complexity index is 531. The second-order valence-electron chi connectivity index (χ2n) is 4.16. The monoisotopic (exact) mass is 276 g/mol. The molecule has 19 heavy (non-hydrogen) atoms. The first-order valence-electron chi connectivity index (χ1n) is 6.36. The van der Waals surface area contributed by atoms with Gasteiger partial charge in [0.15, 0.2) is 0 Å². The van der Waals surface area contributed by atoms with Gasteiger partial charge in [-0.2, -0.15) is 0 Å². The van der Waals surface area contributed by atoms with Crippen molar-refractivity contribution in [1.29, 1.82) is 0 Å². The number of rotatable bonds is 6. The average Bonchev–Trinajstić information content (AvgIpc) is 2.45. The Morgan fingerprint density at radius 3 is 2.84 bits per heavy atom. The van der Waals surface area contributed by atoms with E-state index in [0.717, 1.165) is 24.3 Å². The van der Waals surface area contributed by atoms with Crippen LogP contribution < -0.4 is 10.1 Å². The molecule has 1 aromatic carbocycles. The molecule has 0 saturated heterocycles. The summed E-state index contributed by atoms with van der Waals surface area (Å²) in [4.78, 5) is 4.33. The van der Waals surface area contributed by atoms with Gasteiger partial charge in [0, 0.05) is 18.3 Å². The number of benzene rings is 1. The summed E-state index contributed by atoms with van der Waals surface area (Å²) in [6.07, 6.45) is 2.83. The number of ether oxygens (including phenoxy) is 1. The van der Waals surface area contributed by atoms with Gasteiger partial charge in [-0.15, -0.1) is 0 Å². The molecule has 0 amide bonds. The summed E-state index contributed by atoms with van der Waals surface area (Å²) in [6, 6.07) is 11.4. The predicted octanol–water partition coefficient (Wildman–Crippen LogP) is 4.14. The molecule has 2 aromatic rings. The first-order chi connectivity index (χ1) is 9.31. The minimum atomic E-state index is 0.448. The van der Waals surface area contributed by atoms with Gasteiger partial charge in [0.2, 0.25) is 0 Å². The van der Waals surface area contributed by atoms with Crippen molar-refractivity contribution in [3.63, 3.8) is 0 Å². The second-order valence-corrected chi connectivity index (χ2v) is 4.56. The van der Waals surface area contributed by atoms with Crippen LogP contribution in [-0.2, 0) is 6.61 Å². The highest BCUT2D eigenvalue weighted by atomic mass is 35.5. The van der Waals surface area contributed by atoms with Crippen molar-refractivity contribution >= 4 is 17.4 Å². The average molecular weight is 277 g/mol. The maximum atomic E-state index is 6.06. The fourth-order valence-corrected chi connectivity index (χ4v) is 1.87. The maximum Gasteiger partial charge on any atom is 0.138 e. The van der Waals surface area contributed by atoms with Crippen molar-refractivity contribution in [2.45, 2.75) is 20.0 Å². The van der Waals surface area contributed by atoms with Crippen LogP contribution in [0.4, 0.5) is 5.82 Å². The van der Waals surface area contributed by atoms with Crippen molar-refractivity contribution in [2.24, 2.45) is 0 Å². The zero-order valence-electron chi connectivity index (χ0n) is 10.9. The summed E-state index contributed by atoms with van der Waals surface area (Å²) in [6.45, 7) is 3.47. The summed E-state index contributed by atoms with van der Waals surface area (Å²) >= 11 is 6.06. The Morgan fingerprint density at radius 1 is 1.21 bits per heavy atom. The van der Waals surface area contributed by atoms with Crippen LogP contribution in [0.2, 0.25) is 5.02 Å². The lowest BCUT2D eigenvalue weighted by Crippen LogP contribution is -2.07. The molecule has 0 bridgehead atoms. The zero-order valence-corrected chi connectivity index (χ0v) is 11.7. The van der Waals surface area contributed by atoms with Gasteiger partial charge in [-0.25, -0.2) is 4.98 Å². The summed E-state index contributed by atoms with van der Waals surface area (Å²) < 4.78 is 5.73. The summed E-state index contributed by atoms with van der Waals surface area (Å²) in [5.74, 6) is 1.56. The Labute approximate surface area is 118 Å². The van der Waals surface area contributed by atoms with E-state index >= 15 is 0 Å². The number of halogens is 1. The first-order valence-corrected chi connectivity index (χ1v) is 6.74. The highest BCUT2D eigenvalue weighted by Crippen LogP contribution is 2.24. The van der Waals surface area contributed by atoms with E-state index in [9.17, 15) is 0 Å². The molecular formula is C15H17ClN2O. The quantitative estimate of drug-likeness (QED) is 0.861. The number of hydrogen-bond donors (Lipinski definition) is 1. The van der Waals surface area contributed by atoms with Crippen molar-refractivity contribution in [1.82, 2.24) is 4.98 Å². The number of nitrogens with zero attached hydrogens (tertiary/aromatic N) is 1. The minimum Gasteiger partial charge on any atom is -0.487 e. The molecule has 0 fully saturated rings. The van der Waals surface area contributed by atoms with Crippen molar-refractivity contribution in [3.05, 3.63) is 53.2 Å². The minimum absolute atomic E-state index is 0.448. The third-order valence-corrected chi connectivity index (χ3v) is 2.97. The number of pyridine rings is 1. The molecule has 100 valence electrons. The predicted molar refractivity (Wildman–Crippen MR) is 78.8 cm³/mol. The van der Waals surface area contributed by atoms with E-state index in [1.807, 2.05) is 36.4 Å². The van der Waals surface area contributed by atoms with Gasteiger partial charge >= 0.3 is 0 Å². The van der Waals surface area contributed by atoms with E-state index < -0.39 is 0 Å². The molecule has 0 aliphatic rings. The van der Waals surface area contributed by atoms with Gasteiger partial charge < -0.3 is 10.1 Å². The lowest BCUT2D eigenvalue weighted by atomic mass is 10.2. The molecular weight excluding hydrogens is 260 g/mol. The standard InChI is InChI=1S/C15H17ClN2O/c1-2-9-17-15-12(6-5-10-18-15)11-19-14-8-4-3-7-13(14)16/h3-8,10H,2,9,11H2,1H3,(H,17,18). The van der Waals surface area contributed by atoms with E-state index in [2.05, 4.69) is 17.2 Å². The lowest BCUT2D eigenvalue weighted by molar-refractivity contribution is 0.306. The molecule has 0 atom stereocenters. The van der Waals surface area contributed by atoms with Gasteiger partial charge in [-0.3, -0.25) is 0 Å². The van der Waals surface area contributed by atoms with E-state index in [4.69, 9.17) is 16.3 Å². The third kappa shape index (κ3) is 3.86. The molecule has 1 heterocycles. The van der Waals surface area contributed by atoms with E-state index in [1.54, 1.807) is 6.20 Å². The normalized spacial score (nSPS) is 10.2. The molecule has 0 spiro atoms. The number of hydrogen-bond acceptors (Lipinski definition) is 3. The zero-order chi connectivity index (χ0) is 13.5. The summed E-state index contributed by atoms with van der Waals surface area (Å²) in [5, 5.41) is 3.91. The maximum absolute atomic E-state index is 6.06. The number of nitrogens with one attached hydrogen (secondary N) is 1. The molecule has 2 rings (SSSR count). The third-order valence-electron chi connectivity index (χ3n) is 2.65. The van der Waals surface area contributed by atoms with Gasteiger partial charge in [0.05, 0.1) is 5.02 Å². The van der Waals surface area contributed by atoms with E-state index in [1.165, 1.54) is 0 Å². The van der Waals surface area contributed by atoms with Crippen LogP contribution in [0.1, 0.15) is 18.9 Å². The fourth-order valence-electron chi connectivity index (χ4n) is 1.67. The molecule has 0 radical (unpaired) electrons. The Hall–Kier alpha value is -1.74. The highest BCUT2D eigenvalue weighted by molar-refractivity contribution is 6.32.